The van der Waals surface area contributed by atoms with E-state index in [1.54, 1.807) is 0 Å². The lowest BCUT2D eigenvalue weighted by molar-refractivity contribution is -0.144. The quantitative estimate of drug-likeness (QED) is 0.505. The van der Waals surface area contributed by atoms with E-state index in [-0.39, 0.29) is 12.5 Å². The topological polar surface area (TPSA) is 57.2 Å². The molecule has 0 unspecified atom stereocenters. The van der Waals surface area contributed by atoms with Crippen LogP contribution in [-0.2, 0) is 16.1 Å². The number of unbranched alkanes of at least 4 members (excludes halogenated alkanes) is 1. The summed E-state index contributed by atoms with van der Waals surface area (Å²) in [6.07, 6.45) is 3.77. The third kappa shape index (κ3) is 3.36. The summed E-state index contributed by atoms with van der Waals surface area (Å²) >= 11 is 4.98. The number of rotatable bonds is 6. The Bertz CT molecular complexity index is 634. The average molecular weight is 290 g/mol. The van der Waals surface area contributed by atoms with Gasteiger partial charge in [-0.1, -0.05) is 37.7 Å². The molecule has 5 heteroatoms. The van der Waals surface area contributed by atoms with Crippen molar-refractivity contribution < 1.29 is 9.53 Å². The molecule has 20 heavy (non-hydrogen) atoms. The van der Waals surface area contributed by atoms with E-state index in [0.29, 0.717) is 11.6 Å². The van der Waals surface area contributed by atoms with Crippen LogP contribution in [0.4, 0.5) is 0 Å². The van der Waals surface area contributed by atoms with Crippen LogP contribution in [0.2, 0.25) is 0 Å². The van der Waals surface area contributed by atoms with Crippen LogP contribution in [0.15, 0.2) is 30.5 Å². The van der Waals surface area contributed by atoms with E-state index >= 15 is 0 Å². The van der Waals surface area contributed by atoms with Crippen LogP contribution in [0.25, 0.3) is 10.9 Å². The summed E-state index contributed by atoms with van der Waals surface area (Å²) in [5.74, 6) is -0.225. The Morgan fingerprint density at radius 3 is 2.90 bits per heavy atom. The zero-order valence-electron chi connectivity index (χ0n) is 11.5. The van der Waals surface area contributed by atoms with Crippen LogP contribution in [0.5, 0.6) is 0 Å². The van der Waals surface area contributed by atoms with Crippen molar-refractivity contribution in [3.05, 3.63) is 36.0 Å². The minimum atomic E-state index is -0.225. The molecule has 0 saturated heterocycles. The van der Waals surface area contributed by atoms with E-state index in [4.69, 9.17) is 22.7 Å². The van der Waals surface area contributed by atoms with E-state index in [1.165, 1.54) is 0 Å². The maximum absolute atomic E-state index is 11.8. The summed E-state index contributed by atoms with van der Waals surface area (Å²) in [5.41, 5.74) is 7.37. The minimum Gasteiger partial charge on any atom is -0.464 e. The predicted octanol–water partition coefficient (Wildman–Crippen LogP) is 2.62. The number of fused-ring (bicyclic) bond motifs is 1. The van der Waals surface area contributed by atoms with Gasteiger partial charge in [0, 0.05) is 17.3 Å². The number of hydrogen-bond donors (Lipinski definition) is 1. The van der Waals surface area contributed by atoms with Gasteiger partial charge in [0.15, 0.2) is 0 Å². The molecule has 0 atom stereocenters. The van der Waals surface area contributed by atoms with Crippen molar-refractivity contribution in [3.63, 3.8) is 0 Å². The molecule has 0 spiro atoms. The molecule has 2 N–H and O–H groups in total. The number of thiocarbonyl (C=S) groups is 1. The minimum absolute atomic E-state index is 0.202. The van der Waals surface area contributed by atoms with Gasteiger partial charge >= 0.3 is 5.97 Å². The van der Waals surface area contributed by atoms with Crippen molar-refractivity contribution in [2.75, 3.05) is 6.61 Å². The highest BCUT2D eigenvalue weighted by Crippen LogP contribution is 2.18. The van der Waals surface area contributed by atoms with Crippen molar-refractivity contribution in [1.82, 2.24) is 4.57 Å². The summed E-state index contributed by atoms with van der Waals surface area (Å²) in [4.78, 5) is 12.1. The summed E-state index contributed by atoms with van der Waals surface area (Å²) in [6, 6.07) is 7.69. The Hall–Kier alpha value is -1.88. The van der Waals surface area contributed by atoms with Gasteiger partial charge in [-0.15, -0.1) is 0 Å². The van der Waals surface area contributed by atoms with E-state index in [2.05, 4.69) is 6.92 Å². The zero-order chi connectivity index (χ0) is 14.5. The molecule has 1 aromatic carbocycles. The Morgan fingerprint density at radius 1 is 1.40 bits per heavy atom. The first-order chi connectivity index (χ1) is 9.61. The Kier molecular flexibility index (Phi) is 4.74. The highest BCUT2D eigenvalue weighted by molar-refractivity contribution is 7.80. The SMILES string of the molecule is CCCCOC(=O)Cn1ccc2ccc(C(N)=S)cc21. The molecule has 2 rings (SSSR count). The second-order valence-electron chi connectivity index (χ2n) is 4.66. The van der Waals surface area contributed by atoms with Gasteiger partial charge in [-0.25, -0.2) is 0 Å². The molecular formula is C15H18N2O2S. The van der Waals surface area contributed by atoms with Gasteiger partial charge in [0.2, 0.25) is 0 Å². The molecular weight excluding hydrogens is 272 g/mol. The van der Waals surface area contributed by atoms with E-state index in [1.807, 2.05) is 35.0 Å². The van der Waals surface area contributed by atoms with Crippen LogP contribution in [0, 0.1) is 0 Å². The molecule has 0 amide bonds. The molecule has 0 bridgehead atoms. The molecule has 0 aliphatic carbocycles. The first-order valence-corrected chi connectivity index (χ1v) is 7.07. The van der Waals surface area contributed by atoms with Gasteiger partial charge in [0.1, 0.15) is 11.5 Å². The molecule has 4 nitrogen and oxygen atoms in total. The van der Waals surface area contributed by atoms with Crippen molar-refractivity contribution >= 4 is 34.1 Å². The molecule has 1 aromatic heterocycles. The van der Waals surface area contributed by atoms with Gasteiger partial charge in [0.05, 0.1) is 6.61 Å². The summed E-state index contributed by atoms with van der Waals surface area (Å²) in [6.45, 7) is 2.74. The van der Waals surface area contributed by atoms with Gasteiger partial charge in [-0.3, -0.25) is 4.79 Å². The zero-order valence-corrected chi connectivity index (χ0v) is 12.3. The lowest BCUT2D eigenvalue weighted by atomic mass is 10.1. The highest BCUT2D eigenvalue weighted by atomic mass is 32.1. The fraction of sp³-hybridized carbons (Fsp3) is 0.333. The summed E-state index contributed by atoms with van der Waals surface area (Å²) in [7, 11) is 0. The third-order valence-corrected chi connectivity index (χ3v) is 3.35. The second kappa shape index (κ2) is 6.52. The smallest absolute Gasteiger partial charge is 0.325 e. The maximum atomic E-state index is 11.8. The standard InChI is InChI=1S/C15H18N2O2S/c1-2-3-8-19-14(18)10-17-7-6-11-4-5-12(15(16)20)9-13(11)17/h4-7,9H,2-3,8,10H2,1H3,(H2,16,20). The second-order valence-corrected chi connectivity index (χ2v) is 5.10. The molecule has 1 heterocycles. The van der Waals surface area contributed by atoms with Crippen LogP contribution in [-0.4, -0.2) is 22.1 Å². The summed E-state index contributed by atoms with van der Waals surface area (Å²) in [5, 5.41) is 1.05. The Balaban J connectivity index is 2.15. The average Bonchev–Trinajstić information content (AvgIpc) is 2.81. The Morgan fingerprint density at radius 2 is 2.20 bits per heavy atom. The van der Waals surface area contributed by atoms with Crippen LogP contribution >= 0.6 is 12.2 Å². The van der Waals surface area contributed by atoms with Gasteiger partial charge < -0.3 is 15.0 Å². The number of carbonyl (C=O) groups is 1. The van der Waals surface area contributed by atoms with Gasteiger partial charge in [-0.2, -0.15) is 0 Å². The lowest BCUT2D eigenvalue weighted by Gasteiger charge is -2.07. The molecule has 0 fully saturated rings. The van der Waals surface area contributed by atoms with Crippen molar-refractivity contribution in [3.8, 4) is 0 Å². The normalized spacial score (nSPS) is 10.7. The van der Waals surface area contributed by atoms with Crippen molar-refractivity contribution in [2.45, 2.75) is 26.3 Å². The van der Waals surface area contributed by atoms with Crippen LogP contribution < -0.4 is 5.73 Å². The van der Waals surface area contributed by atoms with Crippen LogP contribution in [0.1, 0.15) is 25.3 Å². The van der Waals surface area contributed by atoms with Gasteiger partial charge in [-0.05, 0) is 23.9 Å². The van der Waals surface area contributed by atoms with Gasteiger partial charge in [0.25, 0.3) is 0 Å². The molecule has 0 saturated carbocycles. The number of ether oxygens (including phenoxy) is 1. The fourth-order valence-electron chi connectivity index (χ4n) is 1.99. The number of hydrogen-bond acceptors (Lipinski definition) is 3. The van der Waals surface area contributed by atoms with Crippen LogP contribution in [0.3, 0.4) is 0 Å². The lowest BCUT2D eigenvalue weighted by Crippen LogP contribution is -2.14. The molecule has 0 radical (unpaired) electrons. The first kappa shape index (κ1) is 14.5. The fourth-order valence-corrected chi connectivity index (χ4v) is 2.12. The highest BCUT2D eigenvalue weighted by Gasteiger charge is 2.08. The Labute approximate surface area is 123 Å². The summed E-state index contributed by atoms with van der Waals surface area (Å²) < 4.78 is 7.02. The number of esters is 1. The monoisotopic (exact) mass is 290 g/mol. The van der Waals surface area contributed by atoms with Crippen molar-refractivity contribution in [2.24, 2.45) is 5.73 Å². The van der Waals surface area contributed by atoms with E-state index in [0.717, 1.165) is 29.3 Å². The molecule has 0 aliphatic heterocycles. The predicted molar refractivity (Wildman–Crippen MR) is 83.7 cm³/mol. The third-order valence-electron chi connectivity index (χ3n) is 3.12. The number of carbonyl (C=O) groups excluding carboxylic acids is 1. The largest absolute Gasteiger partial charge is 0.464 e. The number of nitrogens with zero attached hydrogens (tertiary/aromatic N) is 1. The number of aromatic nitrogens is 1. The first-order valence-electron chi connectivity index (χ1n) is 6.66. The molecule has 106 valence electrons. The number of nitrogens with two attached hydrogens (primary N) is 1. The number of benzene rings is 1. The molecule has 0 aliphatic rings. The van der Waals surface area contributed by atoms with E-state index < -0.39 is 0 Å². The maximum Gasteiger partial charge on any atom is 0.325 e. The van der Waals surface area contributed by atoms with E-state index in [9.17, 15) is 4.79 Å². The van der Waals surface area contributed by atoms with Crippen molar-refractivity contribution in [1.29, 1.82) is 0 Å². The molecule has 2 aromatic rings.